The van der Waals surface area contributed by atoms with Crippen LogP contribution in [0.4, 0.5) is 11.4 Å². The van der Waals surface area contributed by atoms with Gasteiger partial charge < -0.3 is 5.32 Å². The molecule has 2 aromatic carbocycles. The molecule has 146 valence electrons. The average Bonchev–Trinajstić information content (AvgIpc) is 3.10. The van der Waals surface area contributed by atoms with Crippen LogP contribution in [0.1, 0.15) is 11.3 Å². The van der Waals surface area contributed by atoms with Crippen molar-refractivity contribution in [2.24, 2.45) is 0 Å². The summed E-state index contributed by atoms with van der Waals surface area (Å²) in [4.78, 5) is 14.8. The standard InChI is InChI=1S/C19H19N3O4S2/c1-13-3-5-14(6-4-13)19-21-16(12-27-19)9-10-20-15-7-8-18(28(2,25)26)17(11-15)22(23)24/h3-8,11-12,20H,9-10H2,1-2H3. The van der Waals surface area contributed by atoms with E-state index in [-0.39, 0.29) is 4.90 Å². The molecule has 7 nitrogen and oxygen atoms in total. The van der Waals surface area contributed by atoms with Gasteiger partial charge in [-0.2, -0.15) is 0 Å². The van der Waals surface area contributed by atoms with Gasteiger partial charge >= 0.3 is 0 Å². The van der Waals surface area contributed by atoms with Crippen LogP contribution in [0.15, 0.2) is 52.7 Å². The van der Waals surface area contributed by atoms with Crippen LogP contribution in [-0.4, -0.2) is 31.1 Å². The van der Waals surface area contributed by atoms with Crippen LogP contribution in [0.2, 0.25) is 0 Å². The van der Waals surface area contributed by atoms with Crippen LogP contribution in [0.5, 0.6) is 0 Å². The number of nitro benzene ring substituents is 1. The van der Waals surface area contributed by atoms with E-state index in [1.54, 1.807) is 11.3 Å². The molecule has 1 heterocycles. The summed E-state index contributed by atoms with van der Waals surface area (Å²) in [6, 6.07) is 12.2. The summed E-state index contributed by atoms with van der Waals surface area (Å²) in [5.41, 5.74) is 3.26. The van der Waals surface area contributed by atoms with Gasteiger partial charge in [0.15, 0.2) is 9.84 Å². The molecule has 0 bridgehead atoms. The van der Waals surface area contributed by atoms with Crippen molar-refractivity contribution in [2.75, 3.05) is 18.1 Å². The summed E-state index contributed by atoms with van der Waals surface area (Å²) in [6.07, 6.45) is 1.60. The van der Waals surface area contributed by atoms with Crippen molar-refractivity contribution in [1.29, 1.82) is 0 Å². The van der Waals surface area contributed by atoms with Crippen molar-refractivity contribution < 1.29 is 13.3 Å². The largest absolute Gasteiger partial charge is 0.384 e. The fraction of sp³-hybridized carbons (Fsp3) is 0.211. The molecule has 0 atom stereocenters. The Morgan fingerprint density at radius 1 is 1.18 bits per heavy atom. The SMILES string of the molecule is Cc1ccc(-c2nc(CCNc3ccc(S(C)(=O)=O)c([N+](=O)[O-])c3)cs2)cc1. The first kappa shape index (κ1) is 20.0. The fourth-order valence-corrected chi connectivity index (χ4v) is 4.36. The molecule has 0 saturated carbocycles. The molecule has 0 aliphatic heterocycles. The number of hydrogen-bond donors (Lipinski definition) is 1. The van der Waals surface area contributed by atoms with Gasteiger partial charge in [-0.15, -0.1) is 11.3 Å². The lowest BCUT2D eigenvalue weighted by atomic mass is 10.2. The molecule has 1 aromatic heterocycles. The molecule has 28 heavy (non-hydrogen) atoms. The lowest BCUT2D eigenvalue weighted by molar-refractivity contribution is -0.387. The van der Waals surface area contributed by atoms with Gasteiger partial charge in [-0.1, -0.05) is 29.8 Å². The van der Waals surface area contributed by atoms with E-state index in [0.717, 1.165) is 22.5 Å². The molecule has 3 rings (SSSR count). The molecule has 1 N–H and O–H groups in total. The smallest absolute Gasteiger partial charge is 0.290 e. The number of nitrogens with zero attached hydrogens (tertiary/aromatic N) is 2. The first-order chi connectivity index (χ1) is 13.2. The second-order valence-electron chi connectivity index (χ2n) is 6.40. The van der Waals surface area contributed by atoms with Gasteiger partial charge in [0.25, 0.3) is 5.69 Å². The summed E-state index contributed by atoms with van der Waals surface area (Å²) in [6.45, 7) is 2.56. The van der Waals surface area contributed by atoms with E-state index in [0.29, 0.717) is 18.7 Å². The predicted molar refractivity (Wildman–Crippen MR) is 111 cm³/mol. The Bertz CT molecular complexity index is 1110. The summed E-state index contributed by atoms with van der Waals surface area (Å²) in [5.74, 6) is 0. The molecule has 0 saturated heterocycles. The summed E-state index contributed by atoms with van der Waals surface area (Å²) in [7, 11) is -3.66. The Morgan fingerprint density at radius 2 is 1.89 bits per heavy atom. The Labute approximate surface area is 167 Å². The summed E-state index contributed by atoms with van der Waals surface area (Å²) < 4.78 is 23.3. The summed E-state index contributed by atoms with van der Waals surface area (Å²) >= 11 is 1.57. The monoisotopic (exact) mass is 417 g/mol. The van der Waals surface area contributed by atoms with E-state index in [9.17, 15) is 18.5 Å². The van der Waals surface area contributed by atoms with Crippen molar-refractivity contribution >= 4 is 32.5 Å². The van der Waals surface area contributed by atoms with Gasteiger partial charge in [0.05, 0.1) is 10.6 Å². The van der Waals surface area contributed by atoms with Crippen molar-refractivity contribution in [3.05, 3.63) is 69.2 Å². The highest BCUT2D eigenvalue weighted by Crippen LogP contribution is 2.27. The zero-order valence-electron chi connectivity index (χ0n) is 15.4. The van der Waals surface area contributed by atoms with E-state index in [1.807, 2.05) is 36.6 Å². The van der Waals surface area contributed by atoms with Crippen molar-refractivity contribution in [2.45, 2.75) is 18.2 Å². The third-order valence-corrected chi connectivity index (χ3v) is 6.20. The fourth-order valence-electron chi connectivity index (χ4n) is 2.67. The van der Waals surface area contributed by atoms with Gasteiger partial charge in [-0.25, -0.2) is 13.4 Å². The molecular formula is C19H19N3O4S2. The Balaban J connectivity index is 1.66. The highest BCUT2D eigenvalue weighted by molar-refractivity contribution is 7.90. The lowest BCUT2D eigenvalue weighted by Crippen LogP contribution is -2.07. The quantitative estimate of drug-likeness (QED) is 0.459. The molecule has 3 aromatic rings. The van der Waals surface area contributed by atoms with Crippen molar-refractivity contribution in [3.63, 3.8) is 0 Å². The van der Waals surface area contributed by atoms with Crippen LogP contribution >= 0.6 is 11.3 Å². The van der Waals surface area contributed by atoms with Gasteiger partial charge in [0.1, 0.15) is 9.90 Å². The summed E-state index contributed by atoms with van der Waals surface area (Å²) in [5, 5.41) is 17.2. The maximum absolute atomic E-state index is 11.7. The van der Waals surface area contributed by atoms with Crippen LogP contribution in [0.3, 0.4) is 0 Å². The van der Waals surface area contributed by atoms with Crippen LogP contribution in [0.25, 0.3) is 10.6 Å². The predicted octanol–water partition coefficient (Wildman–Crippen LogP) is 4.08. The Kier molecular flexibility index (Phi) is 5.76. The molecule has 0 spiro atoms. The second kappa shape index (κ2) is 8.07. The van der Waals surface area contributed by atoms with E-state index in [1.165, 1.54) is 23.8 Å². The van der Waals surface area contributed by atoms with E-state index in [4.69, 9.17) is 0 Å². The molecule has 0 aliphatic rings. The normalized spacial score (nSPS) is 11.4. The maximum Gasteiger partial charge on any atom is 0.290 e. The molecule has 0 unspecified atom stereocenters. The molecule has 0 fully saturated rings. The number of anilines is 1. The van der Waals surface area contributed by atoms with Crippen LogP contribution in [-0.2, 0) is 16.3 Å². The first-order valence-corrected chi connectivity index (χ1v) is 11.2. The number of rotatable bonds is 7. The third kappa shape index (κ3) is 4.73. The molecular weight excluding hydrogens is 398 g/mol. The zero-order chi connectivity index (χ0) is 20.3. The molecule has 0 radical (unpaired) electrons. The topological polar surface area (TPSA) is 102 Å². The highest BCUT2D eigenvalue weighted by Gasteiger charge is 2.22. The van der Waals surface area contributed by atoms with Crippen LogP contribution in [0, 0.1) is 17.0 Å². The van der Waals surface area contributed by atoms with E-state index >= 15 is 0 Å². The number of nitro groups is 1. The van der Waals surface area contributed by atoms with E-state index < -0.39 is 20.4 Å². The zero-order valence-corrected chi connectivity index (χ0v) is 17.0. The van der Waals surface area contributed by atoms with Crippen LogP contribution < -0.4 is 5.32 Å². The number of thiazole rings is 1. The highest BCUT2D eigenvalue weighted by atomic mass is 32.2. The lowest BCUT2D eigenvalue weighted by Gasteiger charge is -2.07. The van der Waals surface area contributed by atoms with Crippen molar-refractivity contribution in [3.8, 4) is 10.6 Å². The van der Waals surface area contributed by atoms with Gasteiger partial charge in [0, 0.05) is 41.9 Å². The third-order valence-electron chi connectivity index (χ3n) is 4.12. The minimum absolute atomic E-state index is 0.287. The van der Waals surface area contributed by atoms with Gasteiger partial charge in [-0.3, -0.25) is 10.1 Å². The van der Waals surface area contributed by atoms with E-state index in [2.05, 4.69) is 10.3 Å². The maximum atomic E-state index is 11.7. The number of hydrogen-bond acceptors (Lipinski definition) is 7. The second-order valence-corrected chi connectivity index (χ2v) is 9.24. The Hall–Kier alpha value is -2.78. The number of nitrogens with one attached hydrogen (secondary N) is 1. The first-order valence-electron chi connectivity index (χ1n) is 8.48. The number of aryl methyl sites for hydroxylation is 1. The molecule has 9 heteroatoms. The number of sulfone groups is 1. The molecule has 0 amide bonds. The number of benzene rings is 2. The Morgan fingerprint density at radius 3 is 2.54 bits per heavy atom. The average molecular weight is 418 g/mol. The number of aromatic nitrogens is 1. The van der Waals surface area contributed by atoms with Crippen molar-refractivity contribution in [1.82, 2.24) is 4.98 Å². The molecule has 0 aliphatic carbocycles. The van der Waals surface area contributed by atoms with Gasteiger partial charge in [-0.05, 0) is 19.1 Å². The van der Waals surface area contributed by atoms with Gasteiger partial charge in [0.2, 0.25) is 0 Å². The minimum atomic E-state index is -3.66. The minimum Gasteiger partial charge on any atom is -0.384 e.